The van der Waals surface area contributed by atoms with Crippen LogP contribution in [-0.4, -0.2) is 61.4 Å². The first-order chi connectivity index (χ1) is 11.2. The molecule has 1 atom stereocenters. The first kappa shape index (κ1) is 16.0. The van der Waals surface area contributed by atoms with E-state index in [0.29, 0.717) is 43.7 Å². The molecule has 7 heteroatoms. The molecule has 0 radical (unpaired) electrons. The number of nitrogens with zero attached hydrogens (tertiary/aromatic N) is 2. The van der Waals surface area contributed by atoms with Crippen LogP contribution in [0.2, 0.25) is 0 Å². The topological polar surface area (TPSA) is 54.0 Å². The van der Waals surface area contributed by atoms with Crippen LogP contribution in [0.5, 0.6) is 5.75 Å². The molecule has 1 aromatic rings. The fraction of sp³-hybridized carbons (Fsp3) is 0.500. The molecule has 2 heterocycles. The second-order valence-corrected chi connectivity index (χ2v) is 5.84. The molecule has 0 aromatic heterocycles. The lowest BCUT2D eigenvalue weighted by atomic mass is 10.1. The van der Waals surface area contributed by atoms with Gasteiger partial charge in [0.15, 0.2) is 11.2 Å². The number of rotatable bonds is 2. The zero-order valence-corrected chi connectivity index (χ0v) is 14.0. The minimum atomic E-state index is -0.556. The van der Waals surface area contributed by atoms with Crippen molar-refractivity contribution in [1.29, 1.82) is 0 Å². The van der Waals surface area contributed by atoms with Crippen molar-refractivity contribution in [3.8, 4) is 5.75 Å². The van der Waals surface area contributed by atoms with E-state index in [0.717, 1.165) is 12.2 Å². The van der Waals surface area contributed by atoms with Crippen LogP contribution in [0.1, 0.15) is 6.92 Å². The summed E-state index contributed by atoms with van der Waals surface area (Å²) in [5.74, 6) is 0.678. The number of carbonyl (C=O) groups is 1. The zero-order chi connectivity index (χ0) is 16.2. The zero-order valence-electron chi connectivity index (χ0n) is 13.2. The van der Waals surface area contributed by atoms with Gasteiger partial charge in [0.1, 0.15) is 5.75 Å². The minimum absolute atomic E-state index is 0.00731. The number of para-hydroxylation sites is 2. The molecule has 0 unspecified atom stereocenters. The molecule has 2 aliphatic heterocycles. The predicted octanol–water partition coefficient (Wildman–Crippen LogP) is 1.01. The van der Waals surface area contributed by atoms with Crippen LogP contribution in [0.3, 0.4) is 0 Å². The smallest absolute Gasteiger partial charge is 0.265 e. The number of fused-ring (bicyclic) bond motifs is 1. The minimum Gasteiger partial charge on any atom is -0.476 e. The second-order valence-electron chi connectivity index (χ2n) is 5.46. The Hall–Kier alpha value is -1.86. The monoisotopic (exact) mass is 335 g/mol. The molecule has 0 aliphatic carbocycles. The number of thiocarbonyl (C=S) groups is 1. The molecule has 3 rings (SSSR count). The van der Waals surface area contributed by atoms with Gasteiger partial charge in [0, 0.05) is 19.6 Å². The molecule has 1 saturated heterocycles. The Morgan fingerprint density at radius 3 is 2.83 bits per heavy atom. The summed E-state index contributed by atoms with van der Waals surface area (Å²) in [6.07, 6.45) is -0.556. The Labute approximate surface area is 141 Å². The van der Waals surface area contributed by atoms with Crippen LogP contribution in [0, 0.1) is 0 Å². The average Bonchev–Trinajstić information content (AvgIpc) is 2.61. The van der Waals surface area contributed by atoms with Crippen molar-refractivity contribution < 1.29 is 14.3 Å². The molecular formula is C16H21N3O3S. The number of carbonyl (C=O) groups excluding carboxylic acids is 1. The summed E-state index contributed by atoms with van der Waals surface area (Å²) in [5, 5.41) is 3.77. The van der Waals surface area contributed by atoms with Crippen molar-refractivity contribution in [3.63, 3.8) is 0 Å². The van der Waals surface area contributed by atoms with Gasteiger partial charge < -0.3 is 24.6 Å². The van der Waals surface area contributed by atoms with Crippen molar-refractivity contribution in [2.24, 2.45) is 0 Å². The maximum Gasteiger partial charge on any atom is 0.265 e. The molecule has 1 fully saturated rings. The number of nitrogens with one attached hydrogen (secondary N) is 1. The number of anilines is 1. The van der Waals surface area contributed by atoms with E-state index in [4.69, 9.17) is 21.7 Å². The van der Waals surface area contributed by atoms with Gasteiger partial charge in [0.05, 0.1) is 25.4 Å². The van der Waals surface area contributed by atoms with E-state index in [1.807, 2.05) is 36.1 Å². The van der Waals surface area contributed by atoms with E-state index < -0.39 is 6.10 Å². The molecule has 6 nitrogen and oxygen atoms in total. The summed E-state index contributed by atoms with van der Waals surface area (Å²) in [6, 6.07) is 7.66. The van der Waals surface area contributed by atoms with Gasteiger partial charge in [0.2, 0.25) is 0 Å². The van der Waals surface area contributed by atoms with E-state index in [2.05, 4.69) is 5.32 Å². The molecule has 2 aliphatic rings. The third-order valence-corrected chi connectivity index (χ3v) is 4.31. The van der Waals surface area contributed by atoms with Crippen molar-refractivity contribution in [2.75, 3.05) is 44.3 Å². The van der Waals surface area contributed by atoms with Crippen LogP contribution in [-0.2, 0) is 9.53 Å². The van der Waals surface area contributed by atoms with E-state index in [1.165, 1.54) is 0 Å². The van der Waals surface area contributed by atoms with Gasteiger partial charge >= 0.3 is 0 Å². The summed E-state index contributed by atoms with van der Waals surface area (Å²) in [5.41, 5.74) is 0.893. The number of morpholine rings is 1. The van der Waals surface area contributed by atoms with Gasteiger partial charge in [-0.1, -0.05) is 12.1 Å². The number of hydrogen-bond acceptors (Lipinski definition) is 4. The standard InChI is InChI=1S/C16H21N3O3S/c1-2-17-16(23)19-11-14(15(20)18-7-9-21-10-8-18)22-13-6-4-3-5-12(13)19/h3-6,14H,2,7-11H2,1H3,(H,17,23)/t14-/m0/s1. The summed E-state index contributed by atoms with van der Waals surface area (Å²) in [4.78, 5) is 16.5. The van der Waals surface area contributed by atoms with E-state index in [1.54, 1.807) is 4.90 Å². The third kappa shape index (κ3) is 3.40. The Morgan fingerprint density at radius 2 is 2.09 bits per heavy atom. The van der Waals surface area contributed by atoms with E-state index in [-0.39, 0.29) is 5.91 Å². The molecule has 0 bridgehead atoms. The molecule has 23 heavy (non-hydrogen) atoms. The Balaban J connectivity index is 1.81. The van der Waals surface area contributed by atoms with E-state index in [9.17, 15) is 4.79 Å². The highest BCUT2D eigenvalue weighted by atomic mass is 32.1. The SMILES string of the molecule is CCNC(=S)N1C[C@@H](C(=O)N2CCOCC2)Oc2ccccc21. The third-order valence-electron chi connectivity index (χ3n) is 3.95. The van der Waals surface area contributed by atoms with Crippen molar-refractivity contribution in [3.05, 3.63) is 24.3 Å². The van der Waals surface area contributed by atoms with Crippen LogP contribution in [0.15, 0.2) is 24.3 Å². The van der Waals surface area contributed by atoms with Crippen LogP contribution in [0.25, 0.3) is 0 Å². The highest BCUT2D eigenvalue weighted by Gasteiger charge is 2.35. The number of hydrogen-bond donors (Lipinski definition) is 1. The van der Waals surface area contributed by atoms with Gasteiger partial charge in [0.25, 0.3) is 5.91 Å². The molecule has 0 saturated carbocycles. The van der Waals surface area contributed by atoms with E-state index >= 15 is 0 Å². The average molecular weight is 335 g/mol. The number of benzene rings is 1. The van der Waals surface area contributed by atoms with Crippen LogP contribution >= 0.6 is 12.2 Å². The molecule has 1 N–H and O–H groups in total. The quantitative estimate of drug-likeness (QED) is 0.814. The van der Waals surface area contributed by atoms with Crippen LogP contribution in [0.4, 0.5) is 5.69 Å². The number of ether oxygens (including phenoxy) is 2. The highest BCUT2D eigenvalue weighted by molar-refractivity contribution is 7.80. The van der Waals surface area contributed by atoms with Gasteiger partial charge in [-0.3, -0.25) is 4.79 Å². The lowest BCUT2D eigenvalue weighted by Gasteiger charge is -2.38. The summed E-state index contributed by atoms with van der Waals surface area (Å²) >= 11 is 5.46. The van der Waals surface area contributed by atoms with Crippen molar-refractivity contribution >= 4 is 28.9 Å². The Morgan fingerprint density at radius 1 is 1.35 bits per heavy atom. The largest absolute Gasteiger partial charge is 0.476 e. The highest BCUT2D eigenvalue weighted by Crippen LogP contribution is 2.33. The van der Waals surface area contributed by atoms with Crippen molar-refractivity contribution in [2.45, 2.75) is 13.0 Å². The molecule has 124 valence electrons. The fourth-order valence-electron chi connectivity index (χ4n) is 2.79. The van der Waals surface area contributed by atoms with Gasteiger partial charge in [-0.05, 0) is 31.3 Å². The molecule has 0 spiro atoms. The second kappa shape index (κ2) is 7.14. The summed E-state index contributed by atoms with van der Waals surface area (Å²) in [7, 11) is 0. The summed E-state index contributed by atoms with van der Waals surface area (Å²) in [6.45, 7) is 5.52. The molecule has 1 aromatic carbocycles. The summed E-state index contributed by atoms with van der Waals surface area (Å²) < 4.78 is 11.3. The van der Waals surface area contributed by atoms with Crippen LogP contribution < -0.4 is 15.0 Å². The van der Waals surface area contributed by atoms with Crippen molar-refractivity contribution in [1.82, 2.24) is 10.2 Å². The molecular weight excluding hydrogens is 314 g/mol. The Kier molecular flexibility index (Phi) is 4.97. The Bertz CT molecular complexity index is 590. The maximum absolute atomic E-state index is 12.7. The van der Waals surface area contributed by atoms with Gasteiger partial charge in [-0.15, -0.1) is 0 Å². The lowest BCUT2D eigenvalue weighted by molar-refractivity contribution is -0.142. The molecule has 1 amide bonds. The lowest BCUT2D eigenvalue weighted by Crippen LogP contribution is -2.55. The maximum atomic E-state index is 12.7. The van der Waals surface area contributed by atoms with Gasteiger partial charge in [-0.2, -0.15) is 0 Å². The normalized spacial score (nSPS) is 20.5. The predicted molar refractivity (Wildman–Crippen MR) is 91.9 cm³/mol. The fourth-order valence-corrected chi connectivity index (χ4v) is 3.11. The number of amides is 1. The van der Waals surface area contributed by atoms with Gasteiger partial charge in [-0.25, -0.2) is 0 Å². The first-order valence-corrected chi connectivity index (χ1v) is 8.29. The first-order valence-electron chi connectivity index (χ1n) is 7.88.